The van der Waals surface area contributed by atoms with E-state index in [1.807, 2.05) is 71.3 Å². The summed E-state index contributed by atoms with van der Waals surface area (Å²) in [5.74, 6) is 0.351. The van der Waals surface area contributed by atoms with Crippen molar-refractivity contribution in [2.45, 2.75) is 29.9 Å². The monoisotopic (exact) mass is 625 g/mol. The molecular formula is C28H25ClIN5O2. The molecule has 7 nitrogen and oxygen atoms in total. The Bertz CT molecular complexity index is 1680. The Morgan fingerprint density at radius 1 is 1.05 bits per heavy atom. The second-order valence-corrected chi connectivity index (χ2v) is 11.8. The Hall–Kier alpha value is -3.08. The van der Waals surface area contributed by atoms with E-state index in [2.05, 4.69) is 27.2 Å². The number of rotatable bonds is 6. The fraction of sp³-hybridized carbons (Fsp3) is 0.214. The number of halogens is 2. The highest BCUT2D eigenvalue weighted by molar-refractivity contribution is 14.1. The van der Waals surface area contributed by atoms with E-state index in [-0.39, 0.29) is 11.6 Å². The molecule has 2 unspecified atom stereocenters. The predicted octanol–water partition coefficient (Wildman–Crippen LogP) is 5.84. The summed E-state index contributed by atoms with van der Waals surface area (Å²) in [5, 5.41) is 16.8. The van der Waals surface area contributed by atoms with E-state index in [4.69, 9.17) is 11.6 Å². The number of nitrogens with zero attached hydrogens (tertiary/aromatic N) is 4. The maximum atomic E-state index is 12.6. The Kier molecular flexibility index (Phi) is 6.91. The molecule has 0 fully saturated rings. The molecule has 0 aliphatic rings. The number of fused-ring (bicyclic) bond motifs is 2. The summed E-state index contributed by atoms with van der Waals surface area (Å²) in [6.45, 7) is 3.73. The molecule has 0 aliphatic heterocycles. The second-order valence-electron chi connectivity index (χ2n) is 9.33. The van der Waals surface area contributed by atoms with Gasteiger partial charge in [-0.05, 0) is 77.6 Å². The summed E-state index contributed by atoms with van der Waals surface area (Å²) in [5.41, 5.74) is 4.41. The van der Waals surface area contributed by atoms with Crippen molar-refractivity contribution in [2.24, 2.45) is 7.05 Å². The molecule has 3 aromatic heterocycles. The quantitative estimate of drug-likeness (QED) is 0.182. The van der Waals surface area contributed by atoms with E-state index in [1.54, 1.807) is 37.1 Å². The Morgan fingerprint density at radius 3 is 2.46 bits per heavy atom. The summed E-state index contributed by atoms with van der Waals surface area (Å²) in [6.07, 6.45) is 7.66. The van der Waals surface area contributed by atoms with Crippen molar-refractivity contribution in [1.82, 2.24) is 19.5 Å². The lowest BCUT2D eigenvalue weighted by Gasteiger charge is -2.20. The highest BCUT2D eigenvalue weighted by Crippen LogP contribution is 2.34. The number of aliphatic hydroxyl groups is 1. The summed E-state index contributed by atoms with van der Waals surface area (Å²) < 4.78 is 0.497. The highest BCUT2D eigenvalue weighted by Gasteiger charge is 2.22. The van der Waals surface area contributed by atoms with Crippen LogP contribution in [0.3, 0.4) is 0 Å². The van der Waals surface area contributed by atoms with E-state index in [1.165, 1.54) is 0 Å². The summed E-state index contributed by atoms with van der Waals surface area (Å²) in [7, 11) is 1.78. The minimum Gasteiger partial charge on any atom is -0.380 e. The van der Waals surface area contributed by atoms with Gasteiger partial charge in [0, 0.05) is 54.2 Å². The minimum absolute atomic E-state index is 0.00483. The van der Waals surface area contributed by atoms with Crippen molar-refractivity contribution in [3.8, 4) is 11.1 Å². The lowest BCUT2D eigenvalue weighted by atomic mass is 10.0. The molecular weight excluding hydrogens is 601 g/mol. The molecule has 0 saturated heterocycles. The molecule has 0 spiro atoms. The number of alkyl halides is 1. The maximum absolute atomic E-state index is 12.6. The zero-order valence-corrected chi connectivity index (χ0v) is 23.4. The topological polar surface area (TPSA) is 92.9 Å². The summed E-state index contributed by atoms with van der Waals surface area (Å²) in [4.78, 5) is 25.7. The number of hydrogen-bond acceptors (Lipinski definition) is 6. The lowest BCUT2D eigenvalue weighted by Crippen LogP contribution is -2.22. The van der Waals surface area contributed by atoms with Crippen molar-refractivity contribution in [1.29, 1.82) is 0 Å². The van der Waals surface area contributed by atoms with Crippen molar-refractivity contribution in [3.05, 3.63) is 94.0 Å². The van der Waals surface area contributed by atoms with Crippen molar-refractivity contribution in [2.75, 3.05) is 5.32 Å². The van der Waals surface area contributed by atoms with Gasteiger partial charge in [0.1, 0.15) is 0 Å². The molecule has 37 heavy (non-hydrogen) atoms. The zero-order chi connectivity index (χ0) is 26.3. The van der Waals surface area contributed by atoms with Crippen LogP contribution in [-0.4, -0.2) is 30.7 Å². The Balaban J connectivity index is 1.49. The smallest absolute Gasteiger partial charge is 0.258 e. The molecule has 3 heterocycles. The van der Waals surface area contributed by atoms with Gasteiger partial charge >= 0.3 is 0 Å². The van der Waals surface area contributed by atoms with Crippen LogP contribution in [-0.2, 0) is 17.1 Å². The third kappa shape index (κ3) is 5.18. The number of nitrogens with one attached hydrogen (secondary N) is 1. The van der Waals surface area contributed by atoms with Crippen LogP contribution in [0.25, 0.3) is 32.8 Å². The first-order valence-corrected chi connectivity index (χ1v) is 13.2. The normalized spacial score (nSPS) is 14.0. The third-order valence-electron chi connectivity index (χ3n) is 6.31. The van der Waals surface area contributed by atoms with Gasteiger partial charge in [-0.25, -0.2) is 9.97 Å². The molecule has 5 rings (SSSR count). The molecule has 9 heteroatoms. The van der Waals surface area contributed by atoms with Gasteiger partial charge in [0.25, 0.3) is 5.56 Å². The fourth-order valence-electron chi connectivity index (χ4n) is 4.50. The van der Waals surface area contributed by atoms with Gasteiger partial charge in [-0.2, -0.15) is 0 Å². The van der Waals surface area contributed by atoms with Gasteiger partial charge < -0.3 is 15.0 Å². The van der Waals surface area contributed by atoms with Gasteiger partial charge in [0.15, 0.2) is 9.43 Å². The minimum atomic E-state index is -1.14. The van der Waals surface area contributed by atoms with Gasteiger partial charge in [-0.3, -0.25) is 9.78 Å². The molecule has 0 amide bonds. The molecule has 188 valence electrons. The van der Waals surface area contributed by atoms with Crippen LogP contribution in [0.4, 0.5) is 5.69 Å². The number of benzene rings is 2. The maximum Gasteiger partial charge on any atom is 0.258 e. The van der Waals surface area contributed by atoms with Gasteiger partial charge in [-0.1, -0.05) is 35.9 Å². The van der Waals surface area contributed by atoms with Gasteiger partial charge in [0.2, 0.25) is 0 Å². The lowest BCUT2D eigenvalue weighted by molar-refractivity contribution is 0.168. The largest absolute Gasteiger partial charge is 0.380 e. The van der Waals surface area contributed by atoms with Gasteiger partial charge in [-0.15, -0.1) is 0 Å². The molecule has 0 saturated carbocycles. The van der Waals surface area contributed by atoms with Crippen molar-refractivity contribution < 1.29 is 5.11 Å². The Labute approximate surface area is 232 Å². The van der Waals surface area contributed by atoms with Crippen molar-refractivity contribution in [3.63, 3.8) is 0 Å². The number of aryl methyl sites for hydroxylation is 1. The number of aromatic nitrogens is 4. The fourth-order valence-corrected chi connectivity index (χ4v) is 4.98. The van der Waals surface area contributed by atoms with E-state index >= 15 is 0 Å². The SMILES string of the molecule is CC(Cc1cn(C)c(=O)c2ccccc12)Nc1c(Cl)cnc2ccc(-c3cnc(C(C)(O)I)nc3)cc12. The third-order valence-corrected chi connectivity index (χ3v) is 7.07. The molecule has 2 aromatic carbocycles. The summed E-state index contributed by atoms with van der Waals surface area (Å²) in [6, 6.07) is 13.6. The van der Waals surface area contributed by atoms with Crippen LogP contribution in [0.1, 0.15) is 25.2 Å². The number of hydrogen-bond donors (Lipinski definition) is 2. The molecule has 0 aliphatic carbocycles. The molecule has 2 atom stereocenters. The Morgan fingerprint density at radius 2 is 1.76 bits per heavy atom. The van der Waals surface area contributed by atoms with Crippen LogP contribution < -0.4 is 10.9 Å². The van der Waals surface area contributed by atoms with E-state index in [0.29, 0.717) is 22.7 Å². The number of anilines is 1. The van der Waals surface area contributed by atoms with E-state index in [0.717, 1.165) is 38.7 Å². The van der Waals surface area contributed by atoms with Crippen molar-refractivity contribution >= 4 is 61.6 Å². The average molecular weight is 626 g/mol. The molecule has 2 N–H and O–H groups in total. The average Bonchev–Trinajstić information content (AvgIpc) is 2.88. The standard InChI is InChI=1S/C28H25ClIN5O2/c1-16(10-18-15-35(3)26(36)21-7-5-4-6-20(18)21)34-25-22-11-17(8-9-24(22)31-14-23(25)29)19-12-32-27(33-13-19)28(2,30)37/h4-9,11-16,37H,10H2,1-3H3,(H,31,34). The van der Waals surface area contributed by atoms with Crippen LogP contribution in [0.5, 0.6) is 0 Å². The van der Waals surface area contributed by atoms with E-state index < -0.39 is 3.61 Å². The van der Waals surface area contributed by atoms with Crippen LogP contribution in [0, 0.1) is 0 Å². The first-order chi connectivity index (χ1) is 17.6. The first-order valence-electron chi connectivity index (χ1n) is 11.8. The van der Waals surface area contributed by atoms with Crippen LogP contribution in [0.2, 0.25) is 5.02 Å². The predicted molar refractivity (Wildman–Crippen MR) is 157 cm³/mol. The van der Waals surface area contributed by atoms with E-state index in [9.17, 15) is 9.90 Å². The highest BCUT2D eigenvalue weighted by atomic mass is 127. The second kappa shape index (κ2) is 10.00. The van der Waals surface area contributed by atoms with Gasteiger partial charge in [0.05, 0.1) is 16.2 Å². The zero-order valence-electron chi connectivity index (χ0n) is 20.5. The molecule has 5 aromatic rings. The molecule has 0 bridgehead atoms. The van der Waals surface area contributed by atoms with Crippen LogP contribution in [0.15, 0.2) is 72.0 Å². The molecule has 0 radical (unpaired) electrons. The first kappa shape index (κ1) is 25.6. The summed E-state index contributed by atoms with van der Waals surface area (Å²) >= 11 is 8.53. The number of pyridine rings is 2. The van der Waals surface area contributed by atoms with Crippen LogP contribution >= 0.6 is 34.2 Å².